The molecular formula is C14H20N2O2S2. The Kier molecular flexibility index (Phi) is 4.78. The molecule has 2 atom stereocenters. The number of rotatable bonds is 5. The smallest absolute Gasteiger partial charge is 0.240 e. The third-order valence-electron chi connectivity index (χ3n) is 3.79. The van der Waals surface area contributed by atoms with E-state index >= 15 is 0 Å². The highest BCUT2D eigenvalue weighted by molar-refractivity contribution is 7.89. The molecule has 110 valence electrons. The van der Waals surface area contributed by atoms with E-state index in [1.165, 1.54) is 12.5 Å². The van der Waals surface area contributed by atoms with Crippen LogP contribution >= 0.6 is 12.2 Å². The van der Waals surface area contributed by atoms with Crippen molar-refractivity contribution in [3.05, 3.63) is 29.8 Å². The van der Waals surface area contributed by atoms with E-state index in [9.17, 15) is 8.42 Å². The minimum Gasteiger partial charge on any atom is -0.389 e. The van der Waals surface area contributed by atoms with E-state index in [0.29, 0.717) is 23.9 Å². The number of benzene rings is 1. The standard InChI is InChI=1S/C14H20N2O2S2/c1-10-5-6-11(7-10)9-16-20(17,18)13-4-2-3-12(8-13)14(15)19/h2-4,8,10-11,16H,5-7,9H2,1H3,(H2,15,19). The molecule has 0 radical (unpaired) electrons. The molecule has 2 rings (SSSR count). The zero-order valence-corrected chi connectivity index (χ0v) is 13.1. The molecule has 2 unspecified atom stereocenters. The van der Waals surface area contributed by atoms with E-state index in [1.807, 2.05) is 0 Å². The number of nitrogens with two attached hydrogens (primary N) is 1. The first kappa shape index (κ1) is 15.4. The summed E-state index contributed by atoms with van der Waals surface area (Å²) in [5.41, 5.74) is 6.10. The van der Waals surface area contributed by atoms with Crippen molar-refractivity contribution in [1.82, 2.24) is 4.72 Å². The van der Waals surface area contributed by atoms with E-state index in [1.54, 1.807) is 18.2 Å². The molecule has 1 saturated carbocycles. The molecular weight excluding hydrogens is 292 g/mol. The van der Waals surface area contributed by atoms with E-state index in [4.69, 9.17) is 18.0 Å². The van der Waals surface area contributed by atoms with Gasteiger partial charge in [-0.15, -0.1) is 0 Å². The Morgan fingerprint density at radius 1 is 1.45 bits per heavy atom. The molecule has 20 heavy (non-hydrogen) atoms. The number of hydrogen-bond donors (Lipinski definition) is 2. The van der Waals surface area contributed by atoms with E-state index in [0.717, 1.165) is 12.8 Å². The Bertz CT molecular complexity index is 599. The van der Waals surface area contributed by atoms with Gasteiger partial charge in [0.2, 0.25) is 10.0 Å². The third kappa shape index (κ3) is 3.77. The van der Waals surface area contributed by atoms with E-state index < -0.39 is 10.0 Å². The van der Waals surface area contributed by atoms with E-state index in [2.05, 4.69) is 11.6 Å². The Labute approximate surface area is 125 Å². The molecule has 0 heterocycles. The van der Waals surface area contributed by atoms with Gasteiger partial charge in [-0.2, -0.15) is 0 Å². The molecule has 0 amide bonds. The Balaban J connectivity index is 2.06. The highest BCUT2D eigenvalue weighted by Crippen LogP contribution is 2.29. The predicted molar refractivity (Wildman–Crippen MR) is 84.0 cm³/mol. The van der Waals surface area contributed by atoms with Crippen molar-refractivity contribution in [2.75, 3.05) is 6.54 Å². The number of thiocarbonyl (C=S) groups is 1. The van der Waals surface area contributed by atoms with Crippen molar-refractivity contribution in [1.29, 1.82) is 0 Å². The molecule has 0 spiro atoms. The molecule has 6 heteroatoms. The van der Waals surface area contributed by atoms with Gasteiger partial charge < -0.3 is 5.73 Å². The lowest BCUT2D eigenvalue weighted by Crippen LogP contribution is -2.28. The van der Waals surface area contributed by atoms with Crippen LogP contribution in [0.2, 0.25) is 0 Å². The summed E-state index contributed by atoms with van der Waals surface area (Å²) in [4.78, 5) is 0.417. The van der Waals surface area contributed by atoms with Gasteiger partial charge in [-0.3, -0.25) is 0 Å². The van der Waals surface area contributed by atoms with Crippen LogP contribution < -0.4 is 10.5 Å². The second-order valence-electron chi connectivity index (χ2n) is 5.53. The van der Waals surface area contributed by atoms with Crippen LogP contribution in [-0.4, -0.2) is 20.0 Å². The Hall–Kier alpha value is -0.980. The predicted octanol–water partition coefficient (Wildman–Crippen LogP) is 2.04. The van der Waals surface area contributed by atoms with Crippen LogP contribution in [0.3, 0.4) is 0 Å². The molecule has 1 aliphatic rings. The van der Waals surface area contributed by atoms with Crippen molar-refractivity contribution in [3.8, 4) is 0 Å². The van der Waals surface area contributed by atoms with Gasteiger partial charge in [0.15, 0.2) is 0 Å². The first-order valence-corrected chi connectivity index (χ1v) is 8.67. The summed E-state index contributed by atoms with van der Waals surface area (Å²) < 4.78 is 27.2. The average molecular weight is 312 g/mol. The van der Waals surface area contributed by atoms with Gasteiger partial charge in [-0.05, 0) is 36.8 Å². The molecule has 0 aromatic heterocycles. The summed E-state index contributed by atoms with van der Waals surface area (Å²) in [6.45, 7) is 2.71. The fourth-order valence-corrected chi connectivity index (χ4v) is 3.93. The van der Waals surface area contributed by atoms with Crippen LogP contribution in [0.1, 0.15) is 31.7 Å². The fraction of sp³-hybridized carbons (Fsp3) is 0.500. The van der Waals surface area contributed by atoms with Gasteiger partial charge in [0.1, 0.15) is 4.99 Å². The second-order valence-corrected chi connectivity index (χ2v) is 7.74. The van der Waals surface area contributed by atoms with Crippen LogP contribution in [0.5, 0.6) is 0 Å². The maximum atomic E-state index is 12.3. The van der Waals surface area contributed by atoms with Gasteiger partial charge in [-0.25, -0.2) is 13.1 Å². The normalized spacial score (nSPS) is 22.9. The molecule has 4 nitrogen and oxygen atoms in total. The Morgan fingerprint density at radius 2 is 2.20 bits per heavy atom. The summed E-state index contributed by atoms with van der Waals surface area (Å²) in [5.74, 6) is 1.14. The highest BCUT2D eigenvalue weighted by Gasteiger charge is 2.23. The number of sulfonamides is 1. The quantitative estimate of drug-likeness (QED) is 0.816. The van der Waals surface area contributed by atoms with Gasteiger partial charge in [0.25, 0.3) is 0 Å². The number of nitrogens with one attached hydrogen (secondary N) is 1. The molecule has 1 aromatic rings. The summed E-state index contributed by atoms with van der Waals surface area (Å²) in [7, 11) is -3.49. The molecule has 1 aliphatic carbocycles. The first-order chi connectivity index (χ1) is 9.38. The minimum atomic E-state index is -3.49. The topological polar surface area (TPSA) is 72.2 Å². The SMILES string of the molecule is CC1CCC(CNS(=O)(=O)c2cccc(C(N)=S)c2)C1. The maximum Gasteiger partial charge on any atom is 0.240 e. The first-order valence-electron chi connectivity index (χ1n) is 6.78. The van der Waals surface area contributed by atoms with Crippen LogP contribution in [0.15, 0.2) is 29.2 Å². The Morgan fingerprint density at radius 3 is 2.80 bits per heavy atom. The zero-order valence-electron chi connectivity index (χ0n) is 11.5. The van der Waals surface area contributed by atoms with Crippen LogP contribution in [0.25, 0.3) is 0 Å². The molecule has 1 aromatic carbocycles. The van der Waals surface area contributed by atoms with Gasteiger partial charge in [0.05, 0.1) is 4.90 Å². The largest absolute Gasteiger partial charge is 0.389 e. The van der Waals surface area contributed by atoms with Crippen LogP contribution in [0.4, 0.5) is 0 Å². The maximum absolute atomic E-state index is 12.3. The molecule has 3 N–H and O–H groups in total. The molecule has 0 bridgehead atoms. The van der Waals surface area contributed by atoms with Gasteiger partial charge >= 0.3 is 0 Å². The molecule has 0 saturated heterocycles. The summed E-state index contributed by atoms with van der Waals surface area (Å²) in [5, 5.41) is 0. The van der Waals surface area contributed by atoms with Crippen molar-refractivity contribution in [3.63, 3.8) is 0 Å². The van der Waals surface area contributed by atoms with Crippen molar-refractivity contribution >= 4 is 27.2 Å². The van der Waals surface area contributed by atoms with Crippen LogP contribution in [0, 0.1) is 11.8 Å². The summed E-state index contributed by atoms with van der Waals surface area (Å²) in [6, 6.07) is 6.43. The van der Waals surface area contributed by atoms with Crippen molar-refractivity contribution < 1.29 is 8.42 Å². The summed E-state index contributed by atoms with van der Waals surface area (Å²) in [6.07, 6.45) is 3.37. The lowest BCUT2D eigenvalue weighted by molar-refractivity contribution is 0.498. The van der Waals surface area contributed by atoms with Crippen LogP contribution in [-0.2, 0) is 10.0 Å². The third-order valence-corrected chi connectivity index (χ3v) is 5.45. The highest BCUT2D eigenvalue weighted by atomic mass is 32.2. The summed E-state index contributed by atoms with van der Waals surface area (Å²) >= 11 is 4.87. The average Bonchev–Trinajstić information content (AvgIpc) is 2.82. The lowest BCUT2D eigenvalue weighted by Gasteiger charge is -2.12. The molecule has 1 fully saturated rings. The zero-order chi connectivity index (χ0) is 14.8. The minimum absolute atomic E-state index is 0.201. The fourth-order valence-electron chi connectivity index (χ4n) is 2.64. The van der Waals surface area contributed by atoms with Gasteiger partial charge in [-0.1, -0.05) is 37.7 Å². The van der Waals surface area contributed by atoms with Gasteiger partial charge in [0, 0.05) is 12.1 Å². The van der Waals surface area contributed by atoms with Crippen molar-refractivity contribution in [2.45, 2.75) is 31.1 Å². The lowest BCUT2D eigenvalue weighted by atomic mass is 10.1. The van der Waals surface area contributed by atoms with Crippen molar-refractivity contribution in [2.24, 2.45) is 17.6 Å². The molecule has 0 aliphatic heterocycles. The monoisotopic (exact) mass is 312 g/mol. The number of hydrogen-bond acceptors (Lipinski definition) is 3. The van der Waals surface area contributed by atoms with E-state index in [-0.39, 0.29) is 9.88 Å². The second kappa shape index (κ2) is 6.20.